The fraction of sp³-hybridized carbons (Fsp3) is 0.833. The molecule has 0 aliphatic rings. The van der Waals surface area contributed by atoms with Crippen molar-refractivity contribution in [2.24, 2.45) is 17.6 Å². The van der Waals surface area contributed by atoms with Crippen molar-refractivity contribution < 1.29 is 14.3 Å². The highest BCUT2D eigenvalue weighted by Crippen LogP contribution is 2.14. The Bertz CT molecular complexity index is 247. The van der Waals surface area contributed by atoms with Crippen molar-refractivity contribution in [3.8, 4) is 0 Å². The molecule has 1 unspecified atom stereocenters. The smallest absolute Gasteiger partial charge is 0.306 e. The van der Waals surface area contributed by atoms with E-state index in [0.29, 0.717) is 25.4 Å². The van der Waals surface area contributed by atoms with Crippen LogP contribution < -0.4 is 11.1 Å². The lowest BCUT2D eigenvalue weighted by Crippen LogP contribution is -2.27. The van der Waals surface area contributed by atoms with Crippen molar-refractivity contribution in [1.82, 2.24) is 5.32 Å². The van der Waals surface area contributed by atoms with E-state index in [9.17, 15) is 9.59 Å². The summed E-state index contributed by atoms with van der Waals surface area (Å²) < 4.78 is 5.00. The minimum atomic E-state index is -0.244. The van der Waals surface area contributed by atoms with E-state index in [2.05, 4.69) is 19.2 Å². The van der Waals surface area contributed by atoms with Crippen molar-refractivity contribution in [3.05, 3.63) is 0 Å². The van der Waals surface area contributed by atoms with Crippen molar-refractivity contribution in [2.75, 3.05) is 19.7 Å². The molecular formula is C12H25ClN2O3. The van der Waals surface area contributed by atoms with E-state index in [1.807, 2.05) is 0 Å². The molecule has 0 spiro atoms. The fourth-order valence-corrected chi connectivity index (χ4v) is 1.62. The summed E-state index contributed by atoms with van der Waals surface area (Å²) >= 11 is 0. The van der Waals surface area contributed by atoms with Gasteiger partial charge in [-0.05, 0) is 24.8 Å². The van der Waals surface area contributed by atoms with Gasteiger partial charge in [-0.2, -0.15) is 0 Å². The summed E-state index contributed by atoms with van der Waals surface area (Å²) in [5, 5.41) is 2.56. The SMILES string of the molecule is CC(=O)NCCOC(=O)CC(CN)CC(C)C.Cl. The largest absolute Gasteiger partial charge is 0.464 e. The van der Waals surface area contributed by atoms with Crippen LogP contribution in [0.25, 0.3) is 0 Å². The van der Waals surface area contributed by atoms with Gasteiger partial charge in [-0.25, -0.2) is 0 Å². The number of hydrogen-bond donors (Lipinski definition) is 2. The Morgan fingerprint density at radius 3 is 2.39 bits per heavy atom. The van der Waals surface area contributed by atoms with Crippen LogP contribution in [0.15, 0.2) is 0 Å². The first-order valence-electron chi connectivity index (χ1n) is 6.05. The lowest BCUT2D eigenvalue weighted by Gasteiger charge is -2.16. The molecule has 18 heavy (non-hydrogen) atoms. The van der Waals surface area contributed by atoms with E-state index in [4.69, 9.17) is 10.5 Å². The third-order valence-corrected chi connectivity index (χ3v) is 2.33. The summed E-state index contributed by atoms with van der Waals surface area (Å²) in [6, 6.07) is 0. The predicted octanol–water partition coefficient (Wildman–Crippen LogP) is 1.10. The molecule has 0 bridgehead atoms. The van der Waals surface area contributed by atoms with Gasteiger partial charge < -0.3 is 15.8 Å². The molecule has 0 rings (SSSR count). The first kappa shape index (κ1) is 19.5. The van der Waals surface area contributed by atoms with Gasteiger partial charge in [0.2, 0.25) is 5.91 Å². The number of rotatable bonds is 8. The van der Waals surface area contributed by atoms with Crippen LogP contribution in [0.5, 0.6) is 0 Å². The highest BCUT2D eigenvalue weighted by molar-refractivity contribution is 5.85. The molecule has 0 aromatic carbocycles. The van der Waals surface area contributed by atoms with Gasteiger partial charge in [-0.3, -0.25) is 9.59 Å². The zero-order chi connectivity index (χ0) is 13.3. The Morgan fingerprint density at radius 1 is 1.33 bits per heavy atom. The maximum absolute atomic E-state index is 11.4. The second kappa shape index (κ2) is 11.3. The van der Waals surface area contributed by atoms with Gasteiger partial charge in [0.05, 0.1) is 6.54 Å². The minimum absolute atomic E-state index is 0. The van der Waals surface area contributed by atoms with Crippen LogP contribution in [-0.4, -0.2) is 31.6 Å². The van der Waals surface area contributed by atoms with Crippen LogP contribution in [0.1, 0.15) is 33.6 Å². The number of esters is 1. The minimum Gasteiger partial charge on any atom is -0.464 e. The lowest BCUT2D eigenvalue weighted by molar-refractivity contribution is -0.145. The first-order valence-corrected chi connectivity index (χ1v) is 6.05. The molecule has 0 fully saturated rings. The van der Waals surface area contributed by atoms with E-state index in [0.717, 1.165) is 6.42 Å². The van der Waals surface area contributed by atoms with Gasteiger partial charge in [-0.1, -0.05) is 13.8 Å². The number of carbonyl (C=O) groups excluding carboxylic acids is 2. The number of hydrogen-bond acceptors (Lipinski definition) is 4. The summed E-state index contributed by atoms with van der Waals surface area (Å²) in [5.41, 5.74) is 5.60. The third-order valence-electron chi connectivity index (χ3n) is 2.33. The molecule has 0 saturated carbocycles. The maximum atomic E-state index is 11.4. The highest BCUT2D eigenvalue weighted by atomic mass is 35.5. The van der Waals surface area contributed by atoms with Crippen molar-refractivity contribution >= 4 is 24.3 Å². The molecule has 1 atom stereocenters. The molecule has 0 aromatic heterocycles. The second-order valence-corrected chi connectivity index (χ2v) is 4.64. The summed E-state index contributed by atoms with van der Waals surface area (Å²) in [6.07, 6.45) is 1.28. The topological polar surface area (TPSA) is 81.4 Å². The summed E-state index contributed by atoms with van der Waals surface area (Å²) in [5.74, 6) is 0.339. The summed E-state index contributed by atoms with van der Waals surface area (Å²) in [7, 11) is 0. The predicted molar refractivity (Wildman–Crippen MR) is 73.5 cm³/mol. The van der Waals surface area contributed by atoms with Crippen LogP contribution >= 0.6 is 12.4 Å². The van der Waals surface area contributed by atoms with Gasteiger partial charge in [0.25, 0.3) is 0 Å². The number of amides is 1. The van der Waals surface area contributed by atoms with Crippen LogP contribution in [0.4, 0.5) is 0 Å². The molecule has 0 aliphatic heterocycles. The molecule has 0 saturated heterocycles. The van der Waals surface area contributed by atoms with Gasteiger partial charge in [0.1, 0.15) is 6.61 Å². The monoisotopic (exact) mass is 280 g/mol. The van der Waals surface area contributed by atoms with Crippen LogP contribution in [0, 0.1) is 11.8 Å². The molecule has 3 N–H and O–H groups in total. The number of ether oxygens (including phenoxy) is 1. The molecule has 6 heteroatoms. The average Bonchev–Trinajstić information content (AvgIpc) is 2.22. The maximum Gasteiger partial charge on any atom is 0.306 e. The van der Waals surface area contributed by atoms with Gasteiger partial charge in [-0.15, -0.1) is 12.4 Å². The zero-order valence-electron chi connectivity index (χ0n) is 11.4. The molecule has 0 aliphatic carbocycles. The Morgan fingerprint density at radius 2 is 1.94 bits per heavy atom. The number of halogens is 1. The molecule has 1 amide bonds. The van der Waals surface area contributed by atoms with Gasteiger partial charge in [0.15, 0.2) is 0 Å². The van der Waals surface area contributed by atoms with E-state index in [1.165, 1.54) is 6.92 Å². The lowest BCUT2D eigenvalue weighted by atomic mass is 9.94. The van der Waals surface area contributed by atoms with Crippen molar-refractivity contribution in [1.29, 1.82) is 0 Å². The fourth-order valence-electron chi connectivity index (χ4n) is 1.62. The van der Waals surface area contributed by atoms with E-state index in [-0.39, 0.29) is 36.8 Å². The van der Waals surface area contributed by atoms with Crippen molar-refractivity contribution in [2.45, 2.75) is 33.6 Å². The van der Waals surface area contributed by atoms with Crippen LogP contribution in [0.3, 0.4) is 0 Å². The average molecular weight is 281 g/mol. The molecular weight excluding hydrogens is 256 g/mol. The highest BCUT2D eigenvalue weighted by Gasteiger charge is 2.14. The second-order valence-electron chi connectivity index (χ2n) is 4.64. The standard InChI is InChI=1S/C12H24N2O3.ClH/c1-9(2)6-11(8-13)7-12(16)17-5-4-14-10(3)15;/h9,11H,4-8,13H2,1-3H3,(H,14,15);1H. The molecule has 0 heterocycles. The Hall–Kier alpha value is -0.810. The van der Waals surface area contributed by atoms with E-state index >= 15 is 0 Å². The molecule has 0 radical (unpaired) electrons. The van der Waals surface area contributed by atoms with Crippen LogP contribution in [0.2, 0.25) is 0 Å². The van der Waals surface area contributed by atoms with E-state index in [1.54, 1.807) is 0 Å². The zero-order valence-corrected chi connectivity index (χ0v) is 12.2. The third kappa shape index (κ3) is 11.7. The Labute approximate surface area is 115 Å². The molecule has 5 nitrogen and oxygen atoms in total. The Kier molecular flexibility index (Phi) is 12.2. The summed E-state index contributed by atoms with van der Waals surface area (Å²) in [6.45, 7) is 6.71. The quantitative estimate of drug-likeness (QED) is 0.515. The molecule has 108 valence electrons. The van der Waals surface area contributed by atoms with Crippen LogP contribution in [-0.2, 0) is 14.3 Å². The van der Waals surface area contributed by atoms with Gasteiger partial charge in [0, 0.05) is 13.3 Å². The molecule has 0 aromatic rings. The van der Waals surface area contributed by atoms with E-state index < -0.39 is 0 Å². The Balaban J connectivity index is 0. The van der Waals surface area contributed by atoms with Gasteiger partial charge >= 0.3 is 5.97 Å². The number of nitrogens with two attached hydrogens (primary N) is 1. The summed E-state index contributed by atoms with van der Waals surface area (Å²) in [4.78, 5) is 22.0. The normalized spacial score (nSPS) is 11.6. The van der Waals surface area contributed by atoms with Crippen molar-refractivity contribution in [3.63, 3.8) is 0 Å². The number of nitrogens with one attached hydrogen (secondary N) is 1. The number of carbonyl (C=O) groups is 2. The first-order chi connectivity index (χ1) is 7.95.